The minimum atomic E-state index is -1.82. The molecule has 0 aliphatic carbocycles. The van der Waals surface area contributed by atoms with Crippen LogP contribution in [0.3, 0.4) is 0 Å². The normalized spacial score (nSPS) is 13.7. The van der Waals surface area contributed by atoms with Crippen LogP contribution in [0.5, 0.6) is 0 Å². The lowest BCUT2D eigenvalue weighted by Crippen LogP contribution is -2.28. The number of hydrogen-bond acceptors (Lipinski definition) is 7. The molecule has 2 heterocycles. The number of aliphatic carboxylic acids is 2. The van der Waals surface area contributed by atoms with Gasteiger partial charge in [0.05, 0.1) is 6.61 Å². The Hall–Kier alpha value is -3.24. The molecule has 1 aliphatic rings. The molecule has 1 aromatic heterocycles. The Morgan fingerprint density at radius 1 is 1.00 bits per heavy atom. The number of esters is 1. The van der Waals surface area contributed by atoms with Crippen LogP contribution in [0.25, 0.3) is 11.1 Å². The summed E-state index contributed by atoms with van der Waals surface area (Å²) >= 11 is 1.37. The fourth-order valence-corrected chi connectivity index (χ4v) is 4.47. The number of benzene rings is 1. The lowest BCUT2D eigenvalue weighted by atomic mass is 10.0. The van der Waals surface area contributed by atoms with Crippen molar-refractivity contribution in [2.24, 2.45) is 0 Å². The van der Waals surface area contributed by atoms with Gasteiger partial charge in [-0.25, -0.2) is 14.4 Å². The quantitative estimate of drug-likeness (QED) is 0.392. The Kier molecular flexibility index (Phi) is 11.2. The third-order valence-electron chi connectivity index (χ3n) is 5.15. The minimum absolute atomic E-state index is 0.0590. The maximum atomic E-state index is 12.6. The Labute approximate surface area is 202 Å². The molecule has 0 unspecified atom stereocenters. The second kappa shape index (κ2) is 14.1. The fourth-order valence-electron chi connectivity index (χ4n) is 3.49. The van der Waals surface area contributed by atoms with Gasteiger partial charge in [0.25, 0.3) is 0 Å². The molecule has 0 radical (unpaired) electrons. The molecule has 0 saturated carbocycles. The standard InChI is InChI=1S/C22H28N2O3S.C2H2O4/c1-2-27-22(26)20-18(17-10-6-5-7-11-17)16-28-21(20)23-19(25)12-15-24-13-8-3-4-9-14-24;3-1(4)2(5)6/h5-7,10-11,16H,2-4,8-9,12-15H2,1H3,(H,23,25);(H,3,4)(H,5,6). The molecule has 1 aliphatic heterocycles. The highest BCUT2D eigenvalue weighted by molar-refractivity contribution is 7.15. The van der Waals surface area contributed by atoms with Crippen molar-refractivity contribution < 1.29 is 34.1 Å². The number of ether oxygens (including phenoxy) is 1. The average Bonchev–Trinajstić information content (AvgIpc) is 3.05. The van der Waals surface area contributed by atoms with Crippen molar-refractivity contribution in [2.75, 3.05) is 31.6 Å². The van der Waals surface area contributed by atoms with E-state index in [1.165, 1.54) is 37.0 Å². The number of carbonyl (C=O) groups is 4. The summed E-state index contributed by atoms with van der Waals surface area (Å²) in [4.78, 5) is 45.7. The number of nitrogens with zero attached hydrogens (tertiary/aromatic N) is 1. The summed E-state index contributed by atoms with van der Waals surface area (Å²) in [5.74, 6) is -4.10. The van der Waals surface area contributed by atoms with Crippen LogP contribution in [-0.4, -0.2) is 65.2 Å². The molecule has 0 atom stereocenters. The number of likely N-dealkylation sites (tertiary alicyclic amines) is 1. The first-order valence-electron chi connectivity index (χ1n) is 11.2. The lowest BCUT2D eigenvalue weighted by Gasteiger charge is -2.19. The van der Waals surface area contributed by atoms with Crippen molar-refractivity contribution in [1.82, 2.24) is 4.90 Å². The van der Waals surface area contributed by atoms with Gasteiger partial charge in [-0.15, -0.1) is 11.3 Å². The highest BCUT2D eigenvalue weighted by Crippen LogP contribution is 2.36. The molecular weight excluding hydrogens is 460 g/mol. The maximum absolute atomic E-state index is 12.6. The lowest BCUT2D eigenvalue weighted by molar-refractivity contribution is -0.159. The fraction of sp³-hybridized carbons (Fsp3) is 0.417. The molecule has 34 heavy (non-hydrogen) atoms. The van der Waals surface area contributed by atoms with Crippen molar-refractivity contribution in [2.45, 2.75) is 39.0 Å². The van der Waals surface area contributed by atoms with Crippen LogP contribution in [0, 0.1) is 0 Å². The number of nitrogens with one attached hydrogen (secondary N) is 1. The van der Waals surface area contributed by atoms with Gasteiger partial charge in [-0.2, -0.15) is 0 Å². The van der Waals surface area contributed by atoms with Crippen molar-refractivity contribution in [3.05, 3.63) is 41.3 Å². The monoisotopic (exact) mass is 490 g/mol. The summed E-state index contributed by atoms with van der Waals surface area (Å²) in [7, 11) is 0. The molecule has 1 amide bonds. The number of anilines is 1. The van der Waals surface area contributed by atoms with E-state index in [2.05, 4.69) is 10.2 Å². The number of amides is 1. The summed E-state index contributed by atoms with van der Waals surface area (Å²) in [6.45, 7) is 4.98. The van der Waals surface area contributed by atoms with Crippen molar-refractivity contribution in [1.29, 1.82) is 0 Å². The Morgan fingerprint density at radius 2 is 1.62 bits per heavy atom. The summed E-state index contributed by atoms with van der Waals surface area (Å²) in [6.07, 6.45) is 5.41. The van der Waals surface area contributed by atoms with Crippen LogP contribution in [0.1, 0.15) is 49.4 Å². The number of hydrogen-bond donors (Lipinski definition) is 3. The molecule has 1 fully saturated rings. The molecule has 0 spiro atoms. The molecule has 9 nitrogen and oxygen atoms in total. The second-order valence-electron chi connectivity index (χ2n) is 7.60. The Morgan fingerprint density at radius 3 is 2.18 bits per heavy atom. The van der Waals surface area contributed by atoms with Gasteiger partial charge < -0.3 is 25.2 Å². The summed E-state index contributed by atoms with van der Waals surface area (Å²) in [6, 6.07) is 9.71. The molecule has 0 bridgehead atoms. The van der Waals surface area contributed by atoms with E-state index in [9.17, 15) is 9.59 Å². The van der Waals surface area contributed by atoms with Crippen LogP contribution < -0.4 is 5.32 Å². The zero-order valence-electron chi connectivity index (χ0n) is 19.1. The number of thiophene rings is 1. The van der Waals surface area contributed by atoms with Crippen LogP contribution in [0.2, 0.25) is 0 Å². The number of carboxylic acids is 2. The molecule has 10 heteroatoms. The minimum Gasteiger partial charge on any atom is -0.473 e. The molecule has 1 aromatic carbocycles. The second-order valence-corrected chi connectivity index (χ2v) is 8.48. The molecule has 184 valence electrons. The summed E-state index contributed by atoms with van der Waals surface area (Å²) in [5, 5.41) is 20.2. The number of carbonyl (C=O) groups excluding carboxylic acids is 2. The molecule has 2 aromatic rings. The van der Waals surface area contributed by atoms with E-state index < -0.39 is 17.9 Å². The molecule has 3 N–H and O–H groups in total. The van der Waals surface area contributed by atoms with E-state index in [0.29, 0.717) is 23.6 Å². The van der Waals surface area contributed by atoms with Gasteiger partial charge in [-0.3, -0.25) is 4.79 Å². The van der Waals surface area contributed by atoms with E-state index >= 15 is 0 Å². The van der Waals surface area contributed by atoms with Crippen LogP contribution >= 0.6 is 11.3 Å². The van der Waals surface area contributed by atoms with Gasteiger partial charge in [0, 0.05) is 23.9 Å². The number of carboxylic acid groups (broad SMARTS) is 2. The van der Waals surface area contributed by atoms with Gasteiger partial charge >= 0.3 is 17.9 Å². The van der Waals surface area contributed by atoms with Crippen LogP contribution in [0.4, 0.5) is 5.00 Å². The highest BCUT2D eigenvalue weighted by Gasteiger charge is 2.23. The molecule has 1 saturated heterocycles. The van der Waals surface area contributed by atoms with E-state index in [4.69, 9.17) is 24.5 Å². The van der Waals surface area contributed by atoms with Crippen molar-refractivity contribution >= 4 is 40.2 Å². The van der Waals surface area contributed by atoms with Gasteiger partial charge in [-0.05, 0) is 38.4 Å². The van der Waals surface area contributed by atoms with Crippen LogP contribution in [0.15, 0.2) is 35.7 Å². The van der Waals surface area contributed by atoms with Crippen LogP contribution in [-0.2, 0) is 19.1 Å². The van der Waals surface area contributed by atoms with E-state index in [0.717, 1.165) is 30.8 Å². The van der Waals surface area contributed by atoms with E-state index in [1.54, 1.807) is 6.92 Å². The van der Waals surface area contributed by atoms with Gasteiger partial charge in [0.1, 0.15) is 10.6 Å². The largest absolute Gasteiger partial charge is 0.473 e. The van der Waals surface area contributed by atoms with Gasteiger partial charge in [0.15, 0.2) is 0 Å². The first-order chi connectivity index (χ1) is 16.3. The SMILES string of the molecule is CCOC(=O)c1c(-c2ccccc2)csc1NC(=O)CCN1CCCCCC1.O=C(O)C(=O)O. The topological polar surface area (TPSA) is 133 Å². The zero-order chi connectivity index (χ0) is 24.9. The smallest absolute Gasteiger partial charge is 0.414 e. The van der Waals surface area contributed by atoms with Crippen molar-refractivity contribution in [3.8, 4) is 11.1 Å². The van der Waals surface area contributed by atoms with Gasteiger partial charge in [-0.1, -0.05) is 43.2 Å². The predicted molar refractivity (Wildman–Crippen MR) is 129 cm³/mol. The predicted octanol–water partition coefficient (Wildman–Crippen LogP) is 3.95. The van der Waals surface area contributed by atoms with E-state index in [1.807, 2.05) is 35.7 Å². The summed E-state index contributed by atoms with van der Waals surface area (Å²) < 4.78 is 5.25. The first-order valence-corrected chi connectivity index (χ1v) is 12.0. The Balaban J connectivity index is 0.000000604. The zero-order valence-corrected chi connectivity index (χ0v) is 19.9. The third kappa shape index (κ3) is 8.60. The average molecular weight is 491 g/mol. The summed E-state index contributed by atoms with van der Waals surface area (Å²) in [5.41, 5.74) is 2.18. The number of rotatable bonds is 7. The maximum Gasteiger partial charge on any atom is 0.414 e. The van der Waals surface area contributed by atoms with E-state index in [-0.39, 0.29) is 5.91 Å². The highest BCUT2D eigenvalue weighted by atomic mass is 32.1. The molecular formula is C24H30N2O7S. The van der Waals surface area contributed by atoms with Crippen molar-refractivity contribution in [3.63, 3.8) is 0 Å². The molecule has 3 rings (SSSR count). The van der Waals surface area contributed by atoms with Gasteiger partial charge in [0.2, 0.25) is 5.91 Å². The first kappa shape index (κ1) is 27.0. The third-order valence-corrected chi connectivity index (χ3v) is 6.04. The Bertz CT molecular complexity index is 955.